The zero-order valence-corrected chi connectivity index (χ0v) is 5.35. The predicted molar refractivity (Wildman–Crippen MR) is 33.5 cm³/mol. The van der Waals surface area contributed by atoms with E-state index in [2.05, 4.69) is 6.58 Å². The van der Waals surface area contributed by atoms with Crippen LogP contribution in [-0.4, -0.2) is 24.9 Å². The summed E-state index contributed by atoms with van der Waals surface area (Å²) in [5.41, 5.74) is 1.000. The second-order valence-corrected chi connectivity index (χ2v) is 1.98. The van der Waals surface area contributed by atoms with Crippen LogP contribution in [0.3, 0.4) is 0 Å². The molecule has 0 aliphatic carbocycles. The number of rotatable bonds is 3. The lowest BCUT2D eigenvalue weighted by Crippen LogP contribution is -2.17. The van der Waals surface area contributed by atoms with E-state index >= 15 is 0 Å². The highest BCUT2D eigenvalue weighted by Gasteiger charge is 1.89. The van der Waals surface area contributed by atoms with Gasteiger partial charge < -0.3 is 4.90 Å². The minimum absolute atomic E-state index is 0.656. The molecule has 0 saturated heterocycles. The van der Waals surface area contributed by atoms with E-state index in [9.17, 15) is 4.79 Å². The van der Waals surface area contributed by atoms with Gasteiger partial charge in [0.05, 0.1) is 0 Å². The van der Waals surface area contributed by atoms with Crippen LogP contribution in [-0.2, 0) is 4.79 Å². The Kier molecular flexibility index (Phi) is 2.92. The van der Waals surface area contributed by atoms with Gasteiger partial charge in [-0.3, -0.25) is 4.79 Å². The summed E-state index contributed by atoms with van der Waals surface area (Å²) in [4.78, 5) is 11.5. The average Bonchev–Trinajstić information content (AvgIpc) is 1.65. The lowest BCUT2D eigenvalue weighted by Gasteiger charge is -2.07. The van der Waals surface area contributed by atoms with Gasteiger partial charge in [-0.15, -0.1) is 0 Å². The lowest BCUT2D eigenvalue weighted by atomic mass is 10.3. The van der Waals surface area contributed by atoms with Gasteiger partial charge in [-0.1, -0.05) is 12.2 Å². The molecule has 0 radical (unpaired) electrons. The molecule has 1 amide bonds. The molecule has 0 atom stereocenters. The predicted octanol–water partition coefficient (Wildman–Crippen LogP) is 0.651. The molecule has 46 valence electrons. The molecule has 0 aromatic carbocycles. The molecule has 0 bridgehead atoms. The van der Waals surface area contributed by atoms with Crippen molar-refractivity contribution in [1.29, 1.82) is 0 Å². The van der Waals surface area contributed by atoms with Gasteiger partial charge in [-0.2, -0.15) is 0 Å². The van der Waals surface area contributed by atoms with Crippen molar-refractivity contribution in [3.05, 3.63) is 12.2 Å². The van der Waals surface area contributed by atoms with E-state index in [1.54, 1.807) is 11.9 Å². The van der Waals surface area contributed by atoms with Gasteiger partial charge in [0.15, 0.2) is 0 Å². The standard InChI is InChI=1S/C6H11NO/c1-6(2)4-7(3)5-8/h5H,1,4H2,2-3H3. The zero-order chi connectivity index (χ0) is 6.57. The molecule has 0 unspecified atom stereocenters. The average molecular weight is 113 g/mol. The third-order valence-electron chi connectivity index (χ3n) is 0.699. The topological polar surface area (TPSA) is 20.3 Å². The van der Waals surface area contributed by atoms with Gasteiger partial charge in [0.25, 0.3) is 0 Å². The van der Waals surface area contributed by atoms with Crippen molar-refractivity contribution in [2.75, 3.05) is 13.6 Å². The highest BCUT2D eigenvalue weighted by molar-refractivity contribution is 5.46. The first kappa shape index (κ1) is 7.21. The maximum absolute atomic E-state index is 9.93. The molecule has 0 aliphatic heterocycles. The summed E-state index contributed by atoms with van der Waals surface area (Å²) in [6.45, 7) is 6.19. The Morgan fingerprint density at radius 1 is 1.88 bits per heavy atom. The third-order valence-corrected chi connectivity index (χ3v) is 0.699. The molecule has 0 N–H and O–H groups in total. The van der Waals surface area contributed by atoms with Crippen molar-refractivity contribution >= 4 is 6.41 Å². The Morgan fingerprint density at radius 3 is 2.50 bits per heavy atom. The molecule has 2 nitrogen and oxygen atoms in total. The second-order valence-electron chi connectivity index (χ2n) is 1.98. The summed E-state index contributed by atoms with van der Waals surface area (Å²) < 4.78 is 0. The summed E-state index contributed by atoms with van der Waals surface area (Å²) >= 11 is 0. The van der Waals surface area contributed by atoms with E-state index in [0.29, 0.717) is 6.54 Å². The number of hydrogen-bond donors (Lipinski definition) is 0. The normalized spacial score (nSPS) is 8.25. The van der Waals surface area contributed by atoms with Crippen molar-refractivity contribution in [3.8, 4) is 0 Å². The second kappa shape index (κ2) is 3.24. The molecule has 0 aliphatic rings. The summed E-state index contributed by atoms with van der Waals surface area (Å²) in [6.07, 6.45) is 0.786. The SMILES string of the molecule is C=C(C)CN(C)C=O. The van der Waals surface area contributed by atoms with Crippen LogP contribution in [0.2, 0.25) is 0 Å². The lowest BCUT2D eigenvalue weighted by molar-refractivity contribution is -0.116. The molecular weight excluding hydrogens is 102 g/mol. The molecule has 0 aromatic heterocycles. The van der Waals surface area contributed by atoms with Crippen LogP contribution in [0.15, 0.2) is 12.2 Å². The molecule has 2 heteroatoms. The minimum atomic E-state index is 0.656. The van der Waals surface area contributed by atoms with Crippen molar-refractivity contribution in [1.82, 2.24) is 4.90 Å². The van der Waals surface area contributed by atoms with E-state index in [1.165, 1.54) is 0 Å². The minimum Gasteiger partial charge on any atom is -0.344 e. The van der Waals surface area contributed by atoms with Crippen LogP contribution in [0.5, 0.6) is 0 Å². The summed E-state index contributed by atoms with van der Waals surface area (Å²) in [7, 11) is 1.72. The van der Waals surface area contributed by atoms with Crippen molar-refractivity contribution in [3.63, 3.8) is 0 Å². The Hall–Kier alpha value is -0.790. The number of hydrogen-bond acceptors (Lipinski definition) is 1. The Balaban J connectivity index is 3.38. The van der Waals surface area contributed by atoms with Crippen molar-refractivity contribution in [2.24, 2.45) is 0 Å². The number of likely N-dealkylation sites (N-methyl/N-ethyl adjacent to an activating group) is 1. The molecular formula is C6H11NO. The number of carbonyl (C=O) groups excluding carboxylic acids is 1. The van der Waals surface area contributed by atoms with Crippen molar-refractivity contribution < 1.29 is 4.79 Å². The van der Waals surface area contributed by atoms with Gasteiger partial charge in [0.2, 0.25) is 6.41 Å². The smallest absolute Gasteiger partial charge is 0.209 e. The van der Waals surface area contributed by atoms with Crippen LogP contribution >= 0.6 is 0 Å². The first-order chi connectivity index (χ1) is 3.66. The Morgan fingerprint density at radius 2 is 2.38 bits per heavy atom. The first-order valence-corrected chi connectivity index (χ1v) is 2.46. The molecule has 0 saturated carbocycles. The third kappa shape index (κ3) is 3.40. The van der Waals surface area contributed by atoms with E-state index in [4.69, 9.17) is 0 Å². The Labute approximate surface area is 49.8 Å². The fourth-order valence-corrected chi connectivity index (χ4v) is 0.463. The first-order valence-electron chi connectivity index (χ1n) is 2.46. The largest absolute Gasteiger partial charge is 0.344 e. The number of amides is 1. The van der Waals surface area contributed by atoms with Gasteiger partial charge in [-0.05, 0) is 6.92 Å². The van der Waals surface area contributed by atoms with Gasteiger partial charge in [0.1, 0.15) is 0 Å². The molecule has 0 heterocycles. The van der Waals surface area contributed by atoms with E-state index in [0.717, 1.165) is 12.0 Å². The maximum Gasteiger partial charge on any atom is 0.209 e. The molecule has 0 aromatic rings. The monoisotopic (exact) mass is 113 g/mol. The highest BCUT2D eigenvalue weighted by Crippen LogP contribution is 1.86. The molecule has 0 fully saturated rings. The zero-order valence-electron chi connectivity index (χ0n) is 5.35. The highest BCUT2D eigenvalue weighted by atomic mass is 16.1. The van der Waals surface area contributed by atoms with Crippen LogP contribution in [0.1, 0.15) is 6.92 Å². The fourth-order valence-electron chi connectivity index (χ4n) is 0.463. The van der Waals surface area contributed by atoms with E-state index in [-0.39, 0.29) is 0 Å². The summed E-state index contributed by atoms with van der Waals surface area (Å²) in [6, 6.07) is 0. The molecule has 8 heavy (non-hydrogen) atoms. The fraction of sp³-hybridized carbons (Fsp3) is 0.500. The van der Waals surface area contributed by atoms with Gasteiger partial charge in [-0.25, -0.2) is 0 Å². The van der Waals surface area contributed by atoms with Crippen LogP contribution < -0.4 is 0 Å². The summed E-state index contributed by atoms with van der Waals surface area (Å²) in [5, 5.41) is 0. The van der Waals surface area contributed by atoms with Gasteiger partial charge in [0, 0.05) is 13.6 Å². The number of nitrogens with zero attached hydrogens (tertiary/aromatic N) is 1. The van der Waals surface area contributed by atoms with E-state index in [1.807, 2.05) is 6.92 Å². The van der Waals surface area contributed by atoms with E-state index < -0.39 is 0 Å². The maximum atomic E-state index is 9.93. The van der Waals surface area contributed by atoms with Crippen molar-refractivity contribution in [2.45, 2.75) is 6.92 Å². The van der Waals surface area contributed by atoms with Crippen LogP contribution in [0.25, 0.3) is 0 Å². The Bertz CT molecular complexity index is 98.7. The quantitative estimate of drug-likeness (QED) is 0.388. The van der Waals surface area contributed by atoms with Crippen LogP contribution in [0, 0.1) is 0 Å². The molecule has 0 rings (SSSR count). The number of carbonyl (C=O) groups is 1. The summed E-state index contributed by atoms with van der Waals surface area (Å²) in [5.74, 6) is 0. The van der Waals surface area contributed by atoms with Gasteiger partial charge >= 0.3 is 0 Å². The van der Waals surface area contributed by atoms with Crippen LogP contribution in [0.4, 0.5) is 0 Å². The molecule has 0 spiro atoms.